The zero-order valence-electron chi connectivity index (χ0n) is 23.0. The van der Waals surface area contributed by atoms with Crippen molar-refractivity contribution in [2.45, 2.75) is 27.4 Å². The summed E-state index contributed by atoms with van der Waals surface area (Å²) in [7, 11) is 0. The lowest BCUT2D eigenvalue weighted by Gasteiger charge is -2.11. The van der Waals surface area contributed by atoms with Crippen molar-refractivity contribution in [2.24, 2.45) is 5.10 Å². The van der Waals surface area contributed by atoms with Crippen LogP contribution in [0, 0.1) is 24.0 Å². The molecule has 0 spiro atoms. The van der Waals surface area contributed by atoms with E-state index in [0.29, 0.717) is 11.5 Å². The van der Waals surface area contributed by atoms with Gasteiger partial charge in [-0.25, -0.2) is 10.2 Å². The van der Waals surface area contributed by atoms with Crippen LogP contribution in [0.2, 0.25) is 0 Å². The van der Waals surface area contributed by atoms with E-state index in [1.807, 2.05) is 38.1 Å². The van der Waals surface area contributed by atoms with Crippen LogP contribution in [0.25, 0.3) is 5.69 Å². The van der Waals surface area contributed by atoms with E-state index in [-0.39, 0.29) is 36.0 Å². The van der Waals surface area contributed by atoms with Gasteiger partial charge in [-0.2, -0.15) is 5.10 Å². The van der Waals surface area contributed by atoms with Gasteiger partial charge in [0.25, 0.3) is 0 Å². The number of carbonyl (C=O) groups is 2. The lowest BCUT2D eigenvalue weighted by Crippen LogP contribution is -2.17. The van der Waals surface area contributed by atoms with Crippen LogP contribution in [0.4, 0.5) is 5.69 Å². The van der Waals surface area contributed by atoms with Gasteiger partial charge in [0.1, 0.15) is 18.1 Å². The number of rotatable bonds is 13. The summed E-state index contributed by atoms with van der Waals surface area (Å²) in [5.74, 6) is -1.29. The van der Waals surface area contributed by atoms with E-state index in [9.17, 15) is 19.7 Å². The van der Waals surface area contributed by atoms with E-state index >= 15 is 0 Å². The highest BCUT2D eigenvalue weighted by molar-refractivity contribution is 5.92. The number of hydrogen-bond donors (Lipinski definition) is 2. The third-order valence-corrected chi connectivity index (χ3v) is 5.91. The first-order valence-electron chi connectivity index (χ1n) is 12.8. The zero-order valence-corrected chi connectivity index (χ0v) is 23.0. The molecule has 0 atom stereocenters. The number of carboxylic acids is 1. The SMILES string of the molecule is CCOc1cc(/C=N/NC(=O)c2ccc(COc3ccc(-n4c(C)ccc4C)cc3)o2)cc([N+](=O)[O-])c1OCC(=O)O. The average molecular weight is 577 g/mol. The van der Waals surface area contributed by atoms with Crippen molar-refractivity contribution >= 4 is 23.8 Å². The summed E-state index contributed by atoms with van der Waals surface area (Å²) in [4.78, 5) is 34.2. The molecule has 42 heavy (non-hydrogen) atoms. The first kappa shape index (κ1) is 29.4. The normalized spacial score (nSPS) is 10.9. The number of aryl methyl sites for hydroxylation is 2. The van der Waals surface area contributed by atoms with E-state index in [1.165, 1.54) is 18.3 Å². The minimum atomic E-state index is -1.31. The second kappa shape index (κ2) is 13.2. The van der Waals surface area contributed by atoms with Crippen LogP contribution >= 0.6 is 0 Å². The number of nitro groups is 1. The number of nitrogens with one attached hydrogen (secondary N) is 1. The molecule has 1 amide bonds. The third-order valence-electron chi connectivity index (χ3n) is 5.91. The minimum absolute atomic E-state index is 0.0157. The molecule has 218 valence electrons. The van der Waals surface area contributed by atoms with Crippen molar-refractivity contribution < 1.29 is 38.2 Å². The molecular weight excluding hydrogens is 548 g/mol. The summed E-state index contributed by atoms with van der Waals surface area (Å²) in [6.45, 7) is 5.17. The number of hydrazone groups is 1. The highest BCUT2D eigenvalue weighted by atomic mass is 16.6. The number of furan rings is 1. The predicted octanol–water partition coefficient (Wildman–Crippen LogP) is 4.80. The maximum Gasteiger partial charge on any atom is 0.341 e. The molecule has 13 heteroatoms. The highest BCUT2D eigenvalue weighted by Gasteiger charge is 2.23. The monoisotopic (exact) mass is 576 g/mol. The Balaban J connectivity index is 1.37. The number of nitro benzene ring substituents is 1. The number of ether oxygens (including phenoxy) is 3. The lowest BCUT2D eigenvalue weighted by atomic mass is 10.2. The maximum absolute atomic E-state index is 12.5. The number of amides is 1. The lowest BCUT2D eigenvalue weighted by molar-refractivity contribution is -0.385. The number of carbonyl (C=O) groups excluding carboxylic acids is 1. The van der Waals surface area contributed by atoms with Crippen LogP contribution in [-0.4, -0.2) is 45.9 Å². The Morgan fingerprint density at radius 2 is 1.76 bits per heavy atom. The number of benzene rings is 2. The van der Waals surface area contributed by atoms with Crippen LogP contribution < -0.4 is 19.6 Å². The van der Waals surface area contributed by atoms with E-state index in [1.54, 1.807) is 13.0 Å². The van der Waals surface area contributed by atoms with Crippen molar-refractivity contribution in [3.8, 4) is 22.9 Å². The molecule has 0 aliphatic rings. The molecule has 0 aliphatic carbocycles. The van der Waals surface area contributed by atoms with Gasteiger partial charge >= 0.3 is 17.6 Å². The fourth-order valence-electron chi connectivity index (χ4n) is 4.08. The molecule has 0 radical (unpaired) electrons. The van der Waals surface area contributed by atoms with E-state index in [4.69, 9.17) is 23.7 Å². The Kier molecular flexibility index (Phi) is 9.22. The van der Waals surface area contributed by atoms with Gasteiger partial charge in [-0.15, -0.1) is 0 Å². The number of nitrogens with zero attached hydrogens (tertiary/aromatic N) is 3. The number of hydrogen-bond acceptors (Lipinski definition) is 9. The Morgan fingerprint density at radius 1 is 1.05 bits per heavy atom. The van der Waals surface area contributed by atoms with Gasteiger partial charge in [0.05, 0.1) is 17.7 Å². The van der Waals surface area contributed by atoms with Gasteiger partial charge in [0.2, 0.25) is 5.75 Å². The van der Waals surface area contributed by atoms with Gasteiger partial charge in [0, 0.05) is 28.7 Å². The summed E-state index contributed by atoms with van der Waals surface area (Å²) in [6, 6.07) is 17.3. The second-order valence-electron chi connectivity index (χ2n) is 8.94. The third kappa shape index (κ3) is 7.13. The molecule has 0 aliphatic heterocycles. The fraction of sp³-hybridized carbons (Fsp3) is 0.207. The molecule has 2 aromatic carbocycles. The summed E-state index contributed by atoms with van der Waals surface area (Å²) in [5.41, 5.74) is 5.25. The minimum Gasteiger partial charge on any atom is -0.490 e. The van der Waals surface area contributed by atoms with Crippen LogP contribution in [0.1, 0.15) is 40.2 Å². The number of carboxylic acid groups (broad SMARTS) is 1. The molecule has 2 N–H and O–H groups in total. The van der Waals surface area contributed by atoms with Crippen LogP contribution in [0.3, 0.4) is 0 Å². The molecule has 13 nitrogen and oxygen atoms in total. The topological polar surface area (TPSA) is 168 Å². The quantitative estimate of drug-likeness (QED) is 0.129. The van der Waals surface area contributed by atoms with Gasteiger partial charge in [-0.05, 0) is 75.4 Å². The molecule has 4 rings (SSSR count). The molecule has 4 aromatic rings. The van der Waals surface area contributed by atoms with Gasteiger partial charge in [0.15, 0.2) is 18.1 Å². The van der Waals surface area contributed by atoms with Crippen molar-refractivity contribution in [3.63, 3.8) is 0 Å². The first-order chi connectivity index (χ1) is 20.2. The predicted molar refractivity (Wildman–Crippen MR) is 151 cm³/mol. The van der Waals surface area contributed by atoms with Crippen LogP contribution in [0.5, 0.6) is 17.2 Å². The van der Waals surface area contributed by atoms with E-state index < -0.39 is 29.1 Å². The molecule has 2 aromatic heterocycles. The molecular formula is C29H28N4O9. The fourth-order valence-corrected chi connectivity index (χ4v) is 4.08. The molecule has 2 heterocycles. The number of aliphatic carboxylic acids is 1. The Labute approximate surface area is 240 Å². The zero-order chi connectivity index (χ0) is 30.2. The van der Waals surface area contributed by atoms with Gasteiger partial charge in [-0.1, -0.05) is 0 Å². The average Bonchev–Trinajstić information content (AvgIpc) is 3.57. The molecule has 0 saturated carbocycles. The number of aromatic nitrogens is 1. The van der Waals surface area contributed by atoms with Crippen LogP contribution in [0.15, 0.2) is 70.2 Å². The summed E-state index contributed by atoms with van der Waals surface area (Å²) in [5, 5.41) is 24.3. The van der Waals surface area contributed by atoms with Crippen molar-refractivity contribution in [3.05, 3.63) is 99.2 Å². The molecule has 0 fully saturated rings. The van der Waals surface area contributed by atoms with E-state index in [2.05, 4.69) is 27.2 Å². The molecule has 0 unspecified atom stereocenters. The smallest absolute Gasteiger partial charge is 0.341 e. The van der Waals surface area contributed by atoms with Gasteiger partial charge in [-0.3, -0.25) is 14.9 Å². The standard InChI is InChI=1S/C29H28N4O9/c1-4-39-26-14-20(13-24(33(37)38)28(26)41-17-27(34)35)15-30-31-29(36)25-12-11-23(42-25)16-40-22-9-7-21(8-10-22)32-18(2)5-6-19(32)3/h5-15H,4,16-17H2,1-3H3,(H,31,36)(H,34,35)/b30-15+. The van der Waals surface area contributed by atoms with E-state index in [0.717, 1.165) is 23.1 Å². The van der Waals surface area contributed by atoms with Gasteiger partial charge < -0.3 is 28.3 Å². The maximum atomic E-state index is 12.5. The molecule has 0 saturated heterocycles. The largest absolute Gasteiger partial charge is 0.490 e. The second-order valence-corrected chi connectivity index (χ2v) is 8.94. The summed E-state index contributed by atoms with van der Waals surface area (Å²) >= 11 is 0. The highest BCUT2D eigenvalue weighted by Crippen LogP contribution is 2.38. The Morgan fingerprint density at radius 3 is 2.40 bits per heavy atom. The van der Waals surface area contributed by atoms with Crippen molar-refractivity contribution in [2.75, 3.05) is 13.2 Å². The summed E-state index contributed by atoms with van der Waals surface area (Å²) < 4.78 is 23.9. The summed E-state index contributed by atoms with van der Waals surface area (Å²) in [6.07, 6.45) is 1.17. The Hall–Kier alpha value is -5.59. The van der Waals surface area contributed by atoms with Crippen LogP contribution in [-0.2, 0) is 11.4 Å². The van der Waals surface area contributed by atoms with Crippen molar-refractivity contribution in [1.82, 2.24) is 9.99 Å². The molecule has 0 bridgehead atoms. The first-order valence-corrected chi connectivity index (χ1v) is 12.8. The van der Waals surface area contributed by atoms with Crippen molar-refractivity contribution in [1.29, 1.82) is 0 Å². The Bertz CT molecular complexity index is 1600.